The molecule has 0 amide bonds. The van der Waals surface area contributed by atoms with Crippen LogP contribution >= 0.6 is 15.9 Å². The van der Waals surface area contributed by atoms with Crippen molar-refractivity contribution < 1.29 is 14.3 Å². The fourth-order valence-electron chi connectivity index (χ4n) is 4.04. The van der Waals surface area contributed by atoms with Gasteiger partial charge in [0.2, 0.25) is 0 Å². The van der Waals surface area contributed by atoms with Gasteiger partial charge in [0.05, 0.1) is 23.5 Å². The Kier molecular flexibility index (Phi) is 9.31. The molecule has 1 aliphatic carbocycles. The maximum absolute atomic E-state index is 11.5. The lowest BCUT2D eigenvalue weighted by Gasteiger charge is -2.28. The van der Waals surface area contributed by atoms with E-state index in [9.17, 15) is 4.79 Å². The zero-order valence-corrected chi connectivity index (χ0v) is 20.2. The molecule has 5 nitrogen and oxygen atoms in total. The van der Waals surface area contributed by atoms with Gasteiger partial charge < -0.3 is 9.47 Å². The van der Waals surface area contributed by atoms with E-state index in [4.69, 9.17) is 9.47 Å². The van der Waals surface area contributed by atoms with E-state index >= 15 is 0 Å². The van der Waals surface area contributed by atoms with Crippen molar-refractivity contribution in [2.75, 3.05) is 6.61 Å². The number of halogens is 1. The van der Waals surface area contributed by atoms with E-state index < -0.39 is 0 Å². The van der Waals surface area contributed by atoms with Crippen molar-refractivity contribution in [2.24, 2.45) is 11.8 Å². The minimum absolute atomic E-state index is 0.267. The summed E-state index contributed by atoms with van der Waals surface area (Å²) in [7, 11) is 0. The van der Waals surface area contributed by atoms with Crippen LogP contribution in [0.2, 0.25) is 0 Å². The number of unbranched alkanes of at least 4 members (excludes halogenated alkanes) is 2. The summed E-state index contributed by atoms with van der Waals surface area (Å²) in [6.07, 6.45) is 14.5. The quantitative estimate of drug-likeness (QED) is 0.205. The van der Waals surface area contributed by atoms with Gasteiger partial charge in [0, 0.05) is 12.0 Å². The second-order valence-corrected chi connectivity index (χ2v) is 9.26. The van der Waals surface area contributed by atoms with Gasteiger partial charge in [-0.1, -0.05) is 52.4 Å². The molecule has 0 radical (unpaired) electrons. The summed E-state index contributed by atoms with van der Waals surface area (Å²) in [6.45, 7) is 4.78. The number of carbonyl (C=O) groups excluding carboxylic acids is 1. The molecule has 3 rings (SSSR count). The van der Waals surface area contributed by atoms with Gasteiger partial charge in [-0.15, -0.1) is 0 Å². The number of esters is 1. The van der Waals surface area contributed by atoms with Crippen LogP contribution in [-0.2, 0) is 4.79 Å². The monoisotopic (exact) mass is 488 g/mol. The number of hydrogen-bond donors (Lipinski definition) is 0. The number of aromatic nitrogens is 2. The van der Waals surface area contributed by atoms with Crippen LogP contribution < -0.4 is 9.47 Å². The SMILES string of the molecule is CCCCCC1CCC(COc2cnc(-c3ccc(OC(=O)CC)c(Br)c3)nc2)CC1. The van der Waals surface area contributed by atoms with Gasteiger partial charge in [-0.05, 0) is 58.8 Å². The van der Waals surface area contributed by atoms with Gasteiger partial charge in [-0.3, -0.25) is 4.79 Å². The molecule has 6 heteroatoms. The Bertz CT molecular complexity index is 833. The topological polar surface area (TPSA) is 61.3 Å². The summed E-state index contributed by atoms with van der Waals surface area (Å²) >= 11 is 3.45. The molecule has 1 fully saturated rings. The van der Waals surface area contributed by atoms with Crippen LogP contribution in [0.1, 0.15) is 71.6 Å². The van der Waals surface area contributed by atoms with E-state index in [0.717, 1.165) is 18.1 Å². The van der Waals surface area contributed by atoms with Gasteiger partial charge in [0.25, 0.3) is 0 Å². The molecule has 0 spiro atoms. The number of nitrogens with zero attached hydrogens (tertiary/aromatic N) is 2. The highest BCUT2D eigenvalue weighted by Gasteiger charge is 2.21. The maximum Gasteiger partial charge on any atom is 0.310 e. The molecular weight excluding hydrogens is 456 g/mol. The maximum atomic E-state index is 11.5. The minimum atomic E-state index is -0.267. The Hall–Kier alpha value is -1.95. The highest BCUT2D eigenvalue weighted by atomic mass is 79.9. The standard InChI is InChI=1S/C25H33BrN2O3/c1-3-5-6-7-18-8-10-19(11-9-18)17-30-21-15-27-25(28-16-21)20-12-13-23(22(26)14-20)31-24(29)4-2/h12-16,18-19H,3-11,17H2,1-2H3. The van der Waals surface area contributed by atoms with Crippen molar-refractivity contribution in [2.45, 2.75) is 71.6 Å². The van der Waals surface area contributed by atoms with Crippen LogP contribution in [0.5, 0.6) is 11.5 Å². The van der Waals surface area contributed by atoms with Crippen LogP contribution in [-0.4, -0.2) is 22.5 Å². The smallest absolute Gasteiger partial charge is 0.310 e. The Morgan fingerprint density at radius 2 is 1.77 bits per heavy atom. The summed E-state index contributed by atoms with van der Waals surface area (Å²) < 4.78 is 12.0. The molecule has 31 heavy (non-hydrogen) atoms. The van der Waals surface area contributed by atoms with Crippen molar-refractivity contribution in [3.05, 3.63) is 35.1 Å². The first kappa shape index (κ1) is 23.7. The summed E-state index contributed by atoms with van der Waals surface area (Å²) in [6, 6.07) is 5.45. The van der Waals surface area contributed by atoms with Crippen LogP contribution in [0, 0.1) is 11.8 Å². The Morgan fingerprint density at radius 3 is 2.42 bits per heavy atom. The third kappa shape index (κ3) is 7.30. The van der Waals surface area contributed by atoms with Crippen molar-refractivity contribution in [1.29, 1.82) is 0 Å². The van der Waals surface area contributed by atoms with E-state index in [1.807, 2.05) is 12.1 Å². The van der Waals surface area contributed by atoms with Gasteiger partial charge in [-0.25, -0.2) is 9.97 Å². The molecule has 1 heterocycles. The molecule has 0 N–H and O–H groups in total. The molecule has 1 aromatic carbocycles. The number of benzene rings is 1. The van der Waals surface area contributed by atoms with E-state index in [-0.39, 0.29) is 5.97 Å². The largest absolute Gasteiger partial charge is 0.490 e. The molecule has 1 aromatic heterocycles. The van der Waals surface area contributed by atoms with E-state index in [2.05, 4.69) is 32.8 Å². The molecule has 2 aromatic rings. The predicted octanol–water partition coefficient (Wildman–Crippen LogP) is 6.99. The van der Waals surface area contributed by atoms with Crippen molar-refractivity contribution in [3.63, 3.8) is 0 Å². The summed E-state index contributed by atoms with van der Waals surface area (Å²) in [4.78, 5) is 20.4. The highest BCUT2D eigenvalue weighted by molar-refractivity contribution is 9.10. The molecule has 1 saturated carbocycles. The fourth-order valence-corrected chi connectivity index (χ4v) is 4.50. The average molecular weight is 489 g/mol. The molecule has 0 atom stereocenters. The summed E-state index contributed by atoms with van der Waals surface area (Å²) in [5.74, 6) is 3.10. The lowest BCUT2D eigenvalue weighted by atomic mass is 9.80. The molecule has 0 aliphatic heterocycles. The first-order valence-corrected chi connectivity index (χ1v) is 12.3. The second-order valence-electron chi connectivity index (χ2n) is 8.41. The molecule has 168 valence electrons. The van der Waals surface area contributed by atoms with Crippen LogP contribution in [0.4, 0.5) is 0 Å². The van der Waals surface area contributed by atoms with E-state index in [1.54, 1.807) is 25.4 Å². The third-order valence-electron chi connectivity index (χ3n) is 6.00. The molecular formula is C25H33BrN2O3. The Morgan fingerprint density at radius 1 is 1.06 bits per heavy atom. The van der Waals surface area contributed by atoms with Gasteiger partial charge >= 0.3 is 5.97 Å². The van der Waals surface area contributed by atoms with Gasteiger partial charge in [0.1, 0.15) is 5.75 Å². The Balaban J connectivity index is 1.47. The number of ether oxygens (including phenoxy) is 2. The lowest BCUT2D eigenvalue weighted by molar-refractivity contribution is -0.134. The highest BCUT2D eigenvalue weighted by Crippen LogP contribution is 2.33. The van der Waals surface area contributed by atoms with Crippen molar-refractivity contribution in [3.8, 4) is 22.9 Å². The van der Waals surface area contributed by atoms with Crippen LogP contribution in [0.3, 0.4) is 0 Å². The number of hydrogen-bond acceptors (Lipinski definition) is 5. The average Bonchev–Trinajstić information content (AvgIpc) is 2.80. The molecule has 0 saturated heterocycles. The number of carbonyl (C=O) groups is 1. The zero-order valence-electron chi connectivity index (χ0n) is 18.6. The summed E-state index contributed by atoms with van der Waals surface area (Å²) in [5.41, 5.74) is 0.844. The van der Waals surface area contributed by atoms with Gasteiger partial charge in [0.15, 0.2) is 11.6 Å². The fraction of sp³-hybridized carbons (Fsp3) is 0.560. The second kappa shape index (κ2) is 12.2. The normalized spacial score (nSPS) is 18.5. The molecule has 1 aliphatic rings. The third-order valence-corrected chi connectivity index (χ3v) is 6.62. The minimum Gasteiger partial charge on any atom is -0.490 e. The van der Waals surface area contributed by atoms with Crippen LogP contribution in [0.15, 0.2) is 35.1 Å². The van der Waals surface area contributed by atoms with E-state index in [0.29, 0.717) is 34.1 Å². The number of rotatable bonds is 10. The predicted molar refractivity (Wildman–Crippen MR) is 126 cm³/mol. The molecule has 0 bridgehead atoms. The first-order chi connectivity index (χ1) is 15.1. The van der Waals surface area contributed by atoms with Crippen LogP contribution in [0.25, 0.3) is 11.4 Å². The first-order valence-electron chi connectivity index (χ1n) is 11.5. The summed E-state index contributed by atoms with van der Waals surface area (Å²) in [5, 5.41) is 0. The van der Waals surface area contributed by atoms with E-state index in [1.165, 1.54) is 51.4 Å². The molecule has 0 unspecified atom stereocenters. The van der Waals surface area contributed by atoms with Crippen molar-refractivity contribution >= 4 is 21.9 Å². The van der Waals surface area contributed by atoms with Gasteiger partial charge in [-0.2, -0.15) is 0 Å². The Labute approximate surface area is 194 Å². The lowest BCUT2D eigenvalue weighted by Crippen LogP contribution is -2.20. The van der Waals surface area contributed by atoms with Crippen molar-refractivity contribution in [1.82, 2.24) is 9.97 Å². The zero-order chi connectivity index (χ0) is 22.1.